The fourth-order valence-electron chi connectivity index (χ4n) is 9.49. The van der Waals surface area contributed by atoms with Crippen LogP contribution in [0.4, 0.5) is 0 Å². The van der Waals surface area contributed by atoms with Crippen LogP contribution in [0.5, 0.6) is 0 Å². The predicted octanol–water partition coefficient (Wildman–Crippen LogP) is 14.2. The van der Waals surface area contributed by atoms with E-state index in [9.17, 15) is 0 Å². The first-order chi connectivity index (χ1) is 29.2. The molecule has 12 aromatic rings. The highest BCUT2D eigenvalue weighted by Crippen LogP contribution is 2.46. The molecule has 0 fully saturated rings. The van der Waals surface area contributed by atoms with Gasteiger partial charge in [0.1, 0.15) is 0 Å². The van der Waals surface area contributed by atoms with Gasteiger partial charge < -0.3 is 4.57 Å². The third kappa shape index (κ3) is 4.98. The fraction of sp³-hybridized carbons (Fsp3) is 0.0185. The molecular weight excluding hydrogens is 737 g/mol. The molecule has 1 aliphatic rings. The minimum Gasteiger partial charge on any atom is -0.309 e. The lowest BCUT2D eigenvalue weighted by Crippen LogP contribution is -2.01. The van der Waals surface area contributed by atoms with E-state index >= 15 is 0 Å². The molecule has 9 aromatic carbocycles. The van der Waals surface area contributed by atoms with Gasteiger partial charge in [-0.2, -0.15) is 0 Å². The third-order valence-corrected chi connectivity index (χ3v) is 13.4. The van der Waals surface area contributed by atoms with E-state index in [0.717, 1.165) is 28.8 Å². The van der Waals surface area contributed by atoms with Crippen LogP contribution in [-0.2, 0) is 6.42 Å². The summed E-state index contributed by atoms with van der Waals surface area (Å²) >= 11 is 1.80. The zero-order valence-corrected chi connectivity index (χ0v) is 32.5. The minimum atomic E-state index is 0.668. The van der Waals surface area contributed by atoms with Crippen molar-refractivity contribution in [1.29, 1.82) is 0 Å². The molecule has 4 nitrogen and oxygen atoms in total. The van der Waals surface area contributed by atoms with E-state index in [2.05, 4.69) is 168 Å². The lowest BCUT2D eigenvalue weighted by molar-refractivity contribution is 1.08. The van der Waals surface area contributed by atoms with E-state index in [1.807, 2.05) is 18.2 Å². The normalized spacial score (nSPS) is 12.3. The van der Waals surface area contributed by atoms with Gasteiger partial charge >= 0.3 is 0 Å². The first-order valence-corrected chi connectivity index (χ1v) is 20.9. The molecule has 3 heterocycles. The highest BCUT2D eigenvalue weighted by molar-refractivity contribution is 7.26. The molecule has 0 spiro atoms. The van der Waals surface area contributed by atoms with Crippen LogP contribution in [0.1, 0.15) is 11.1 Å². The Morgan fingerprint density at radius 2 is 1.00 bits per heavy atom. The van der Waals surface area contributed by atoms with Crippen molar-refractivity contribution in [2.24, 2.45) is 0 Å². The Morgan fingerprint density at radius 1 is 0.407 bits per heavy atom. The molecule has 59 heavy (non-hydrogen) atoms. The van der Waals surface area contributed by atoms with Crippen LogP contribution >= 0.6 is 11.3 Å². The number of hydrogen-bond acceptors (Lipinski definition) is 4. The lowest BCUT2D eigenvalue weighted by atomic mass is 9.98. The monoisotopic (exact) mass is 768 g/mol. The fourth-order valence-corrected chi connectivity index (χ4v) is 10.7. The van der Waals surface area contributed by atoms with Crippen LogP contribution < -0.4 is 0 Å². The Balaban J connectivity index is 1.000. The lowest BCUT2D eigenvalue weighted by Gasteiger charge is -2.13. The summed E-state index contributed by atoms with van der Waals surface area (Å²) in [5.41, 5.74) is 11.6. The molecule has 0 saturated heterocycles. The molecule has 0 aliphatic heterocycles. The second-order valence-electron chi connectivity index (χ2n) is 15.6. The maximum atomic E-state index is 5.33. The molecule has 274 valence electrons. The molecule has 0 saturated carbocycles. The second-order valence-corrected chi connectivity index (χ2v) is 16.6. The van der Waals surface area contributed by atoms with Gasteiger partial charge in [-0.05, 0) is 98.8 Å². The number of hydrogen-bond donors (Lipinski definition) is 0. The molecule has 5 heteroatoms. The summed E-state index contributed by atoms with van der Waals surface area (Å²) in [5, 5.41) is 9.99. The molecule has 1 aliphatic carbocycles. The number of rotatable bonds is 4. The van der Waals surface area contributed by atoms with Crippen molar-refractivity contribution >= 4 is 74.9 Å². The first-order valence-electron chi connectivity index (χ1n) is 20.1. The standard InChI is InChI=1S/C54H32N4S/c1-2-12-32(13-3-1)52-55-53(57-54(56-52)44-22-11-20-42-41-19-8-9-23-49(41)59-51(42)44)43-21-10-18-37-26-38-27-39(24-25-40(38)50(37)43)58-47-30-35-16-6-4-14-33(35)28-45(47)46-29-34-15-5-7-17-36(34)31-48(46)58/h1-25,27-31H,26H2. The van der Waals surface area contributed by atoms with Gasteiger partial charge in [0.25, 0.3) is 0 Å². The van der Waals surface area contributed by atoms with Crippen LogP contribution in [0.15, 0.2) is 182 Å². The van der Waals surface area contributed by atoms with Crippen LogP contribution in [0.3, 0.4) is 0 Å². The minimum absolute atomic E-state index is 0.668. The largest absolute Gasteiger partial charge is 0.309 e. The molecule has 0 amide bonds. The Bertz CT molecular complexity index is 3620. The SMILES string of the molecule is c1ccc(-c2nc(-c3cccc4c3-c3ccc(-n5c6cc7ccccc7cc6c6cc7ccccc7cc65)cc3C4)nc(-c3cccc4c3sc3ccccc34)n2)cc1. The van der Waals surface area contributed by atoms with E-state index in [1.165, 1.54) is 85.8 Å². The van der Waals surface area contributed by atoms with Crippen molar-refractivity contribution in [3.05, 3.63) is 193 Å². The van der Waals surface area contributed by atoms with E-state index in [1.54, 1.807) is 11.3 Å². The Kier molecular flexibility index (Phi) is 6.91. The summed E-state index contributed by atoms with van der Waals surface area (Å²) in [6, 6.07) is 65.8. The summed E-state index contributed by atoms with van der Waals surface area (Å²) in [4.78, 5) is 15.7. The van der Waals surface area contributed by atoms with E-state index in [0.29, 0.717) is 17.5 Å². The molecule has 0 radical (unpaired) electrons. The van der Waals surface area contributed by atoms with Crippen molar-refractivity contribution in [2.45, 2.75) is 6.42 Å². The predicted molar refractivity (Wildman–Crippen MR) is 247 cm³/mol. The van der Waals surface area contributed by atoms with Gasteiger partial charge in [0.15, 0.2) is 17.5 Å². The van der Waals surface area contributed by atoms with E-state index in [4.69, 9.17) is 15.0 Å². The van der Waals surface area contributed by atoms with Gasteiger partial charge in [0.05, 0.1) is 11.0 Å². The van der Waals surface area contributed by atoms with Crippen LogP contribution in [0.2, 0.25) is 0 Å². The summed E-state index contributed by atoms with van der Waals surface area (Å²) in [6.45, 7) is 0. The van der Waals surface area contributed by atoms with Crippen molar-refractivity contribution in [2.75, 3.05) is 0 Å². The molecule has 13 rings (SSSR count). The zero-order valence-electron chi connectivity index (χ0n) is 31.7. The zero-order chi connectivity index (χ0) is 38.6. The van der Waals surface area contributed by atoms with Crippen molar-refractivity contribution in [3.8, 4) is 51.0 Å². The van der Waals surface area contributed by atoms with Gasteiger partial charge in [-0.1, -0.05) is 133 Å². The number of aromatic nitrogens is 4. The molecule has 0 unspecified atom stereocenters. The van der Waals surface area contributed by atoms with Gasteiger partial charge in [-0.3, -0.25) is 0 Å². The van der Waals surface area contributed by atoms with Gasteiger partial charge in [-0.15, -0.1) is 11.3 Å². The van der Waals surface area contributed by atoms with Gasteiger partial charge in [0, 0.05) is 53.3 Å². The van der Waals surface area contributed by atoms with Crippen molar-refractivity contribution in [3.63, 3.8) is 0 Å². The topological polar surface area (TPSA) is 43.6 Å². The van der Waals surface area contributed by atoms with E-state index in [-0.39, 0.29) is 0 Å². The molecule has 0 bridgehead atoms. The highest BCUT2D eigenvalue weighted by atomic mass is 32.1. The Labute approximate surface area is 343 Å². The van der Waals surface area contributed by atoms with Crippen LogP contribution in [0, 0.1) is 0 Å². The number of thiophene rings is 1. The van der Waals surface area contributed by atoms with E-state index < -0.39 is 0 Å². The number of nitrogens with zero attached hydrogens (tertiary/aromatic N) is 4. The average Bonchev–Trinajstić information content (AvgIpc) is 3.96. The maximum absolute atomic E-state index is 5.33. The maximum Gasteiger partial charge on any atom is 0.165 e. The van der Waals surface area contributed by atoms with Crippen molar-refractivity contribution in [1.82, 2.24) is 19.5 Å². The average molecular weight is 769 g/mol. The van der Waals surface area contributed by atoms with Crippen molar-refractivity contribution < 1.29 is 0 Å². The first kappa shape index (κ1) is 32.6. The second kappa shape index (κ2) is 12.5. The Morgan fingerprint density at radius 3 is 1.75 bits per heavy atom. The molecule has 3 aromatic heterocycles. The Hall–Kier alpha value is -7.47. The molecular formula is C54H32N4S. The molecule has 0 atom stereocenters. The smallest absolute Gasteiger partial charge is 0.165 e. The number of fused-ring (bicyclic) bond motifs is 11. The summed E-state index contributed by atoms with van der Waals surface area (Å²) in [6.07, 6.45) is 0.833. The summed E-state index contributed by atoms with van der Waals surface area (Å²) in [5.74, 6) is 2.03. The third-order valence-electron chi connectivity index (χ3n) is 12.2. The summed E-state index contributed by atoms with van der Waals surface area (Å²) in [7, 11) is 0. The number of benzene rings is 9. The highest BCUT2D eigenvalue weighted by Gasteiger charge is 2.26. The quantitative estimate of drug-likeness (QED) is 0.179. The van der Waals surface area contributed by atoms with Crippen LogP contribution in [0.25, 0.3) is 115 Å². The van der Waals surface area contributed by atoms with Gasteiger partial charge in [-0.25, -0.2) is 15.0 Å². The van der Waals surface area contributed by atoms with Crippen LogP contribution in [-0.4, -0.2) is 19.5 Å². The van der Waals surface area contributed by atoms with Gasteiger partial charge in [0.2, 0.25) is 0 Å². The molecule has 0 N–H and O–H groups in total. The summed E-state index contributed by atoms with van der Waals surface area (Å²) < 4.78 is 4.91.